The van der Waals surface area contributed by atoms with Crippen LogP contribution in [-0.4, -0.2) is 87.0 Å². The molecule has 15 nitrogen and oxygen atoms in total. The van der Waals surface area contributed by atoms with Gasteiger partial charge in [-0.1, -0.05) is 53.6 Å². The van der Waals surface area contributed by atoms with E-state index in [0.717, 1.165) is 27.8 Å². The standard InChI is InChI=1S/C50H54N9O6P/c1-31(2)59(32(3)4)66(62-24-12-23-51)65-42-27-44(58-46(36-19-17-35(28-52)18-20-36)54-45-47(58)55-49(56-48(45)60)53-30-57(7)8)64-43(42)29-61-50(37-13-10-9-11-14-37)38-25-33(5)15-21-40(38)63-41-22-16-34(6)26-39(41)50/h9-11,13-22,25-26,30-32,42-44H,12,24,27,29H2,1-8H3,(H,55,56,60)/b53-30-/t42-,43+,44+,66?/m0/s1. The lowest BCUT2D eigenvalue weighted by atomic mass is 9.77. The van der Waals surface area contributed by atoms with Crippen molar-refractivity contribution in [3.05, 3.63) is 135 Å². The highest BCUT2D eigenvalue weighted by molar-refractivity contribution is 7.44. The van der Waals surface area contributed by atoms with Crippen molar-refractivity contribution in [2.24, 2.45) is 4.99 Å². The number of imidazole rings is 1. The number of aromatic nitrogens is 4. The normalized spacial score (nSPS) is 18.0. The first kappa shape index (κ1) is 46.2. The van der Waals surface area contributed by atoms with Crippen LogP contribution in [0.15, 0.2) is 101 Å². The van der Waals surface area contributed by atoms with Crippen molar-refractivity contribution in [2.45, 2.75) is 90.5 Å². The fourth-order valence-electron chi connectivity index (χ4n) is 8.61. The Morgan fingerprint density at radius 3 is 2.23 bits per heavy atom. The maximum atomic E-state index is 13.8. The van der Waals surface area contributed by atoms with Crippen molar-refractivity contribution in [1.82, 2.24) is 29.1 Å². The van der Waals surface area contributed by atoms with Crippen molar-refractivity contribution >= 4 is 32.0 Å². The van der Waals surface area contributed by atoms with E-state index in [1.54, 1.807) is 35.5 Å². The fraction of sp³-hybridized carbons (Fsp3) is 0.360. The zero-order chi connectivity index (χ0) is 46.7. The highest BCUT2D eigenvalue weighted by atomic mass is 31.2. The first-order valence-corrected chi connectivity index (χ1v) is 23.2. The van der Waals surface area contributed by atoms with Crippen LogP contribution in [0.5, 0.6) is 11.5 Å². The molecular weight excluding hydrogens is 854 g/mol. The Hall–Kier alpha value is -6.29. The average molecular weight is 908 g/mol. The van der Waals surface area contributed by atoms with Crippen LogP contribution in [0.2, 0.25) is 0 Å². The SMILES string of the molecule is Cc1ccc2c(c1)C(OC[C@H]1O[C@@H](n3c(-c4ccc(C#N)cc4)nc4c(=O)[nH]c(/N=C\N(C)C)nc43)C[C@@H]1OP(OCCC#N)N(C(C)C)C(C)C)(c1ccccc1)c1cc(C)ccc1O2. The molecule has 2 aliphatic rings. The van der Waals surface area contributed by atoms with Gasteiger partial charge < -0.3 is 28.2 Å². The van der Waals surface area contributed by atoms with Crippen molar-refractivity contribution in [2.75, 3.05) is 27.3 Å². The van der Waals surface area contributed by atoms with E-state index in [0.29, 0.717) is 28.5 Å². The number of H-pyrrole nitrogens is 1. The van der Waals surface area contributed by atoms with E-state index in [2.05, 4.69) is 92.6 Å². The Bertz CT molecular complexity index is 2810. The van der Waals surface area contributed by atoms with E-state index in [9.17, 15) is 15.3 Å². The van der Waals surface area contributed by atoms with Gasteiger partial charge in [-0.15, -0.1) is 0 Å². The second-order valence-corrected chi connectivity index (χ2v) is 18.7. The van der Waals surface area contributed by atoms with Gasteiger partial charge in [0.05, 0.1) is 49.8 Å². The number of nitriles is 2. The molecule has 4 atom stereocenters. The minimum atomic E-state index is -1.74. The summed E-state index contributed by atoms with van der Waals surface area (Å²) < 4.78 is 39.0. The summed E-state index contributed by atoms with van der Waals surface area (Å²) in [6.07, 6.45) is -0.166. The number of aryl methyl sites for hydroxylation is 2. The number of aromatic amines is 1. The lowest BCUT2D eigenvalue weighted by molar-refractivity contribution is -0.0927. The first-order valence-electron chi connectivity index (χ1n) is 22.0. The average Bonchev–Trinajstić information content (AvgIpc) is 3.88. The number of nitrogens with one attached hydrogen (secondary N) is 1. The number of benzene rings is 4. The molecule has 0 spiro atoms. The minimum Gasteiger partial charge on any atom is -0.457 e. The van der Waals surface area contributed by atoms with E-state index in [-0.39, 0.29) is 55.3 Å². The molecule has 0 amide bonds. The van der Waals surface area contributed by atoms with E-state index in [1.165, 1.54) is 0 Å². The van der Waals surface area contributed by atoms with Crippen LogP contribution in [0.3, 0.4) is 0 Å². The Morgan fingerprint density at radius 1 is 0.955 bits per heavy atom. The third-order valence-electron chi connectivity index (χ3n) is 11.5. The summed E-state index contributed by atoms with van der Waals surface area (Å²) in [4.78, 5) is 32.5. The highest BCUT2D eigenvalue weighted by Crippen LogP contribution is 2.55. The van der Waals surface area contributed by atoms with Crippen molar-refractivity contribution in [3.63, 3.8) is 0 Å². The molecule has 16 heteroatoms. The lowest BCUT2D eigenvalue weighted by Crippen LogP contribution is -2.41. The van der Waals surface area contributed by atoms with Gasteiger partial charge in [-0.05, 0) is 95.6 Å². The second-order valence-electron chi connectivity index (χ2n) is 17.3. The smallest absolute Gasteiger partial charge is 0.280 e. The number of fused-ring (bicyclic) bond motifs is 3. The number of ether oxygens (including phenoxy) is 3. The Labute approximate surface area is 386 Å². The van der Waals surface area contributed by atoms with E-state index in [4.69, 9.17) is 33.2 Å². The van der Waals surface area contributed by atoms with E-state index < -0.39 is 38.1 Å². The molecule has 1 N–H and O–H groups in total. The largest absolute Gasteiger partial charge is 0.457 e. The van der Waals surface area contributed by atoms with Gasteiger partial charge in [0.25, 0.3) is 14.1 Å². The Kier molecular flexibility index (Phi) is 13.8. The van der Waals surface area contributed by atoms with Gasteiger partial charge in [-0.25, -0.2) is 14.6 Å². The summed E-state index contributed by atoms with van der Waals surface area (Å²) in [7, 11) is 1.90. The predicted molar refractivity (Wildman–Crippen MR) is 253 cm³/mol. The molecule has 0 bridgehead atoms. The topological polar surface area (TPSA) is 176 Å². The molecule has 1 saturated heterocycles. The van der Waals surface area contributed by atoms with Crippen LogP contribution >= 0.6 is 8.53 Å². The quantitative estimate of drug-likeness (QED) is 0.0422. The maximum absolute atomic E-state index is 13.8. The summed E-state index contributed by atoms with van der Waals surface area (Å²) in [5.74, 6) is 1.85. The van der Waals surface area contributed by atoms with Gasteiger partial charge in [0.2, 0.25) is 5.95 Å². The van der Waals surface area contributed by atoms with Gasteiger partial charge in [0, 0.05) is 49.3 Å². The third kappa shape index (κ3) is 9.24. The summed E-state index contributed by atoms with van der Waals surface area (Å²) in [6, 6.07) is 33.9. The van der Waals surface area contributed by atoms with Gasteiger partial charge in [0.1, 0.15) is 29.7 Å². The van der Waals surface area contributed by atoms with Crippen LogP contribution in [0.25, 0.3) is 22.6 Å². The van der Waals surface area contributed by atoms with Gasteiger partial charge in [-0.2, -0.15) is 15.5 Å². The molecular formula is C50H54N9O6P. The lowest BCUT2D eigenvalue weighted by Gasteiger charge is -2.42. The Balaban J connectivity index is 1.29. The van der Waals surface area contributed by atoms with Crippen molar-refractivity contribution in [1.29, 1.82) is 10.5 Å². The van der Waals surface area contributed by atoms with Crippen LogP contribution in [0.4, 0.5) is 5.95 Å². The molecule has 4 aromatic carbocycles. The third-order valence-corrected chi connectivity index (χ3v) is 13.6. The zero-order valence-corrected chi connectivity index (χ0v) is 39.3. The summed E-state index contributed by atoms with van der Waals surface area (Å²) >= 11 is 0. The van der Waals surface area contributed by atoms with Crippen molar-refractivity contribution < 1.29 is 23.3 Å². The number of nitrogens with zero attached hydrogens (tertiary/aromatic N) is 8. The second kappa shape index (κ2) is 19.7. The first-order chi connectivity index (χ1) is 31.8. The molecule has 66 heavy (non-hydrogen) atoms. The van der Waals surface area contributed by atoms with Gasteiger partial charge >= 0.3 is 0 Å². The molecule has 0 saturated carbocycles. The summed E-state index contributed by atoms with van der Waals surface area (Å²) in [5, 5.41) is 19.2. The molecule has 2 aromatic heterocycles. The molecule has 4 heterocycles. The number of hydrogen-bond acceptors (Lipinski definition) is 12. The van der Waals surface area contributed by atoms with Crippen LogP contribution in [-0.2, 0) is 24.1 Å². The highest BCUT2D eigenvalue weighted by Gasteiger charge is 2.49. The number of rotatable bonds is 16. The Morgan fingerprint density at radius 2 is 1.62 bits per heavy atom. The molecule has 0 radical (unpaired) electrons. The van der Waals surface area contributed by atoms with Crippen LogP contribution in [0.1, 0.15) is 80.1 Å². The van der Waals surface area contributed by atoms with Crippen molar-refractivity contribution in [3.8, 4) is 35.0 Å². The zero-order valence-electron chi connectivity index (χ0n) is 38.4. The van der Waals surface area contributed by atoms with E-state index >= 15 is 0 Å². The fourth-order valence-corrected chi connectivity index (χ4v) is 10.4. The molecule has 340 valence electrons. The molecule has 8 rings (SSSR count). The van der Waals surface area contributed by atoms with Gasteiger partial charge in [0.15, 0.2) is 16.8 Å². The number of aliphatic imine (C=N–C) groups is 1. The molecule has 1 unspecified atom stereocenters. The maximum Gasteiger partial charge on any atom is 0.280 e. The summed E-state index contributed by atoms with van der Waals surface area (Å²) in [5.41, 5.74) is 4.53. The van der Waals surface area contributed by atoms with E-state index in [1.807, 2.05) is 61.1 Å². The van der Waals surface area contributed by atoms with Gasteiger partial charge in [-0.3, -0.25) is 14.3 Å². The molecule has 6 aromatic rings. The monoisotopic (exact) mass is 907 g/mol. The predicted octanol–water partition coefficient (Wildman–Crippen LogP) is 9.56. The number of hydrogen-bond donors (Lipinski definition) is 1. The minimum absolute atomic E-state index is 0.0340. The van der Waals surface area contributed by atoms with Crippen LogP contribution in [0, 0.1) is 36.5 Å². The molecule has 1 fully saturated rings. The summed E-state index contributed by atoms with van der Waals surface area (Å²) in [6.45, 7) is 12.7. The van der Waals surface area contributed by atoms with Crippen LogP contribution < -0.4 is 10.3 Å². The molecule has 2 aliphatic heterocycles. The molecule has 0 aliphatic carbocycles.